The van der Waals surface area contributed by atoms with Crippen LogP contribution in [0.5, 0.6) is 0 Å². The Kier molecular flexibility index (Phi) is 28.3. The number of hydrogen-bond donors (Lipinski definition) is 0. The van der Waals surface area contributed by atoms with Crippen molar-refractivity contribution in [2.24, 2.45) is 0 Å². The van der Waals surface area contributed by atoms with Crippen LogP contribution in [0.1, 0.15) is 77.6 Å². The molecular formula is C54H46S24. The van der Waals surface area contributed by atoms with Crippen LogP contribution in [0, 0.1) is 47.4 Å². The summed E-state index contributed by atoms with van der Waals surface area (Å²) in [7, 11) is 0. The van der Waals surface area contributed by atoms with E-state index in [4.69, 9.17) is 0 Å². The fraction of sp³-hybridized carbons (Fsp3) is 0.296. The summed E-state index contributed by atoms with van der Waals surface area (Å²) in [6.45, 7) is 17.9. The molecule has 406 valence electrons. The van der Waals surface area contributed by atoms with Crippen molar-refractivity contribution >= 4 is 282 Å². The Labute approximate surface area is 566 Å². The quantitative estimate of drug-likeness (QED) is 0.144. The Hall–Kier alpha value is 2.74. The highest BCUT2D eigenvalue weighted by atomic mass is 32.3. The predicted octanol–water partition coefficient (Wildman–Crippen LogP) is 25.3. The SMILES string of the molecule is CCSC1=C(SCC)SC(=C2SC=C(C#Cc3cc(C#CC4=CSC(=C5SC(SCC)=C(SCC)S5)S4)c(C#CC4=CSC(=C5SC(SCC)=C(SCC)S5)S4)cc3C#CC3=CSC(=C4SC(SCC)=C(SCC)S4)S3)S2)S1. The van der Waals surface area contributed by atoms with Crippen molar-refractivity contribution in [2.45, 2.75) is 55.4 Å². The molecule has 8 heterocycles. The van der Waals surface area contributed by atoms with Crippen LogP contribution in [0.25, 0.3) is 0 Å². The molecule has 0 saturated heterocycles. The molecule has 0 nitrogen and oxygen atoms in total. The van der Waals surface area contributed by atoms with Gasteiger partial charge in [-0.05, 0) is 79.8 Å². The molecule has 78 heavy (non-hydrogen) atoms. The van der Waals surface area contributed by atoms with Crippen LogP contribution in [0.3, 0.4) is 0 Å². The van der Waals surface area contributed by atoms with E-state index in [0.717, 1.165) is 87.9 Å². The van der Waals surface area contributed by atoms with E-state index in [1.165, 1.54) is 67.8 Å². The smallest absolute Gasteiger partial charge is 0.0717 e. The summed E-state index contributed by atoms with van der Waals surface area (Å²) in [6.07, 6.45) is 0. The largest absolute Gasteiger partial charge is 0.118 e. The van der Waals surface area contributed by atoms with E-state index in [9.17, 15) is 0 Å². The van der Waals surface area contributed by atoms with E-state index in [2.05, 4.69) is 137 Å². The van der Waals surface area contributed by atoms with Gasteiger partial charge in [0.05, 0.1) is 87.4 Å². The Balaban J connectivity index is 1.05. The van der Waals surface area contributed by atoms with Crippen LogP contribution in [0.4, 0.5) is 0 Å². The van der Waals surface area contributed by atoms with Gasteiger partial charge in [0.15, 0.2) is 0 Å². The van der Waals surface area contributed by atoms with Crippen molar-refractivity contribution in [1.82, 2.24) is 0 Å². The molecule has 0 fully saturated rings. The highest BCUT2D eigenvalue weighted by Crippen LogP contribution is 2.66. The van der Waals surface area contributed by atoms with Crippen LogP contribution in [0.2, 0.25) is 0 Å². The number of thioether (sulfide) groups is 24. The van der Waals surface area contributed by atoms with Gasteiger partial charge in [0.1, 0.15) is 0 Å². The topological polar surface area (TPSA) is 0 Å². The fourth-order valence-corrected chi connectivity index (χ4v) is 38.4. The van der Waals surface area contributed by atoms with E-state index >= 15 is 0 Å². The molecule has 0 amide bonds. The Morgan fingerprint density at radius 3 is 0.590 bits per heavy atom. The Bertz CT molecular complexity index is 2740. The molecule has 0 N–H and O–H groups in total. The first-order valence-electron chi connectivity index (χ1n) is 24.1. The number of allylic oxidation sites excluding steroid dienone is 4. The standard InChI is InChI=1S/C54H46S24/c1-9-55-39-40(56-10-2)72-51(71-39)47-63-27-35(67-47)21-17-31-25-33(19-23-37-29-65-49(69-37)53-75-43(59-13-5)44(76-53)60-14-6)34(20-24-38-30-66-50(70-38)54-77-45(61-15-7)46(78-54)62-16-8)26-32(31)18-22-36-28-64-48(68-36)52-73-41(57-11-3)42(74-52)58-12-4/h25-30H,9-16H2,1-8H3. The average molecular weight is 1460 g/mol. The van der Waals surface area contributed by atoms with Gasteiger partial charge in [-0.2, -0.15) is 0 Å². The van der Waals surface area contributed by atoms with Gasteiger partial charge in [-0.15, -0.1) is 94.1 Å². The molecule has 9 rings (SSSR count). The van der Waals surface area contributed by atoms with Crippen molar-refractivity contribution in [3.05, 3.63) is 143 Å². The zero-order chi connectivity index (χ0) is 54.4. The first kappa shape index (κ1) is 65.2. The molecule has 8 aliphatic rings. The van der Waals surface area contributed by atoms with Gasteiger partial charge in [-0.3, -0.25) is 0 Å². The van der Waals surface area contributed by atoms with Crippen LogP contribution in [-0.4, -0.2) is 46.0 Å². The zero-order valence-electron chi connectivity index (χ0n) is 42.9. The van der Waals surface area contributed by atoms with Crippen molar-refractivity contribution in [3.8, 4) is 47.4 Å². The first-order valence-corrected chi connectivity index (χ1v) is 45.3. The second kappa shape index (κ2) is 33.9. The lowest BCUT2D eigenvalue weighted by atomic mass is 9.98. The molecule has 0 unspecified atom stereocenters. The van der Waals surface area contributed by atoms with Crippen LogP contribution < -0.4 is 0 Å². The molecule has 0 bridgehead atoms. The lowest BCUT2D eigenvalue weighted by Crippen LogP contribution is -1.93. The first-order chi connectivity index (χ1) is 38.2. The molecule has 0 spiro atoms. The highest BCUT2D eigenvalue weighted by molar-refractivity contribution is 8.45. The van der Waals surface area contributed by atoms with Crippen molar-refractivity contribution in [2.75, 3.05) is 46.0 Å². The third-order valence-corrected chi connectivity index (χ3v) is 41.8. The Morgan fingerprint density at radius 2 is 0.423 bits per heavy atom. The normalized spacial score (nSPS) is 19.3. The van der Waals surface area contributed by atoms with Gasteiger partial charge < -0.3 is 0 Å². The molecule has 8 aliphatic heterocycles. The lowest BCUT2D eigenvalue weighted by Gasteiger charge is -2.04. The van der Waals surface area contributed by atoms with Gasteiger partial charge in [-0.25, -0.2) is 0 Å². The minimum Gasteiger partial charge on any atom is -0.118 e. The molecule has 0 aromatic heterocycles. The van der Waals surface area contributed by atoms with Gasteiger partial charge in [0, 0.05) is 22.3 Å². The van der Waals surface area contributed by atoms with E-state index < -0.39 is 0 Å². The maximum absolute atomic E-state index is 3.65. The number of rotatable bonds is 16. The van der Waals surface area contributed by atoms with Crippen LogP contribution >= 0.6 is 282 Å². The number of benzene rings is 1. The zero-order valence-corrected chi connectivity index (χ0v) is 62.5. The van der Waals surface area contributed by atoms with E-state index in [-0.39, 0.29) is 0 Å². The molecule has 0 saturated carbocycles. The molecule has 0 radical (unpaired) electrons. The van der Waals surface area contributed by atoms with Crippen molar-refractivity contribution in [3.63, 3.8) is 0 Å². The van der Waals surface area contributed by atoms with Crippen molar-refractivity contribution < 1.29 is 0 Å². The summed E-state index contributed by atoms with van der Waals surface area (Å²) in [6, 6.07) is 4.31. The van der Waals surface area contributed by atoms with Gasteiger partial charge in [0.2, 0.25) is 0 Å². The molecule has 1 aromatic carbocycles. The summed E-state index contributed by atoms with van der Waals surface area (Å²) in [5, 5.41) is 8.88. The molecule has 0 aliphatic carbocycles. The van der Waals surface area contributed by atoms with Crippen molar-refractivity contribution in [1.29, 1.82) is 0 Å². The molecular weight excluding hydrogens is 1420 g/mol. The minimum absolute atomic E-state index is 0.862. The number of hydrogen-bond acceptors (Lipinski definition) is 24. The lowest BCUT2D eigenvalue weighted by molar-refractivity contribution is 1.51. The third-order valence-electron chi connectivity index (χ3n) is 9.36. The average Bonchev–Trinajstić information content (AvgIpc) is 4.32. The van der Waals surface area contributed by atoms with Crippen LogP contribution in [0.15, 0.2) is 121 Å². The molecule has 0 atom stereocenters. The highest BCUT2D eigenvalue weighted by Gasteiger charge is 2.31. The van der Waals surface area contributed by atoms with E-state index in [0.29, 0.717) is 0 Å². The second-order valence-electron chi connectivity index (χ2n) is 14.6. The van der Waals surface area contributed by atoms with Gasteiger partial charge in [0.25, 0.3) is 0 Å². The maximum atomic E-state index is 3.65. The summed E-state index contributed by atoms with van der Waals surface area (Å²) in [5.41, 5.74) is 3.45. The summed E-state index contributed by atoms with van der Waals surface area (Å²) < 4.78 is 22.2. The summed E-state index contributed by atoms with van der Waals surface area (Å²) in [4.78, 5) is 4.20. The second-order valence-corrected chi connectivity index (χ2v) is 44.9. The monoisotopic (exact) mass is 1460 g/mol. The van der Waals surface area contributed by atoms with E-state index in [1.54, 1.807) is 94.1 Å². The minimum atomic E-state index is 0.862. The summed E-state index contributed by atoms with van der Waals surface area (Å²) >= 11 is 45.4. The predicted molar refractivity (Wildman–Crippen MR) is 409 cm³/mol. The molecule has 1 aromatic rings. The maximum Gasteiger partial charge on any atom is 0.0717 e. The Morgan fingerprint density at radius 1 is 0.244 bits per heavy atom. The molecule has 24 heteroatoms. The fourth-order valence-electron chi connectivity index (χ4n) is 6.31. The van der Waals surface area contributed by atoms with Gasteiger partial charge >= 0.3 is 0 Å². The van der Waals surface area contributed by atoms with Crippen LogP contribution in [-0.2, 0) is 0 Å². The van der Waals surface area contributed by atoms with E-state index in [1.807, 2.05) is 188 Å². The van der Waals surface area contributed by atoms with Gasteiger partial charge in [-0.1, -0.05) is 291 Å². The summed E-state index contributed by atoms with van der Waals surface area (Å²) in [5.74, 6) is 37.6. The third kappa shape index (κ3) is 18.0.